The van der Waals surface area contributed by atoms with E-state index < -0.39 is 41.0 Å². The van der Waals surface area contributed by atoms with Gasteiger partial charge in [0, 0.05) is 6.42 Å². The van der Waals surface area contributed by atoms with Crippen molar-refractivity contribution in [1.29, 1.82) is 0 Å². The Morgan fingerprint density at radius 3 is 2.11 bits per heavy atom. The van der Waals surface area contributed by atoms with Crippen LogP contribution in [-0.2, 0) is 6.42 Å². The number of halogens is 4. The molecular weight excluding hydrogens is 260 g/mol. The van der Waals surface area contributed by atoms with E-state index in [9.17, 15) is 22.4 Å². The number of rotatable bonds is 3. The summed E-state index contributed by atoms with van der Waals surface area (Å²) in [6.07, 6.45) is -0.538. The molecule has 0 amide bonds. The molecule has 0 aliphatic carbocycles. The maximum atomic E-state index is 13.4. The van der Waals surface area contributed by atoms with Crippen molar-refractivity contribution >= 4 is 5.78 Å². The molecule has 0 bridgehead atoms. The first-order chi connectivity index (χ1) is 9.00. The Morgan fingerprint density at radius 1 is 0.842 bits per heavy atom. The van der Waals surface area contributed by atoms with E-state index in [0.717, 1.165) is 18.2 Å². The molecule has 1 nitrogen and oxygen atoms in total. The van der Waals surface area contributed by atoms with Gasteiger partial charge in [0.15, 0.2) is 29.1 Å². The van der Waals surface area contributed by atoms with Crippen LogP contribution in [0.2, 0.25) is 0 Å². The summed E-state index contributed by atoms with van der Waals surface area (Å²) in [4.78, 5) is 11.8. The van der Waals surface area contributed by atoms with E-state index in [1.807, 2.05) is 0 Å². The molecular formula is C14H8F4O. The minimum Gasteiger partial charge on any atom is -0.294 e. The zero-order valence-electron chi connectivity index (χ0n) is 9.59. The molecule has 0 aliphatic heterocycles. The van der Waals surface area contributed by atoms with E-state index in [0.29, 0.717) is 0 Å². The SMILES string of the molecule is O=C(Cc1cccc(F)c1F)c1cccc(F)c1F. The van der Waals surface area contributed by atoms with E-state index in [2.05, 4.69) is 0 Å². The van der Waals surface area contributed by atoms with Crippen molar-refractivity contribution in [3.05, 3.63) is 70.8 Å². The Hall–Kier alpha value is -2.17. The van der Waals surface area contributed by atoms with Crippen LogP contribution in [0.25, 0.3) is 0 Å². The zero-order valence-corrected chi connectivity index (χ0v) is 9.59. The first kappa shape index (κ1) is 13.3. The third kappa shape index (κ3) is 2.65. The molecule has 2 aromatic carbocycles. The first-order valence-corrected chi connectivity index (χ1v) is 5.41. The average Bonchev–Trinajstić information content (AvgIpc) is 2.38. The highest BCUT2D eigenvalue weighted by Gasteiger charge is 2.18. The molecule has 2 rings (SSSR count). The molecule has 0 saturated carbocycles. The van der Waals surface area contributed by atoms with Crippen molar-refractivity contribution in [2.45, 2.75) is 6.42 Å². The Kier molecular flexibility index (Phi) is 3.64. The minimum absolute atomic E-state index is 0.200. The van der Waals surface area contributed by atoms with Gasteiger partial charge in [-0.05, 0) is 23.8 Å². The van der Waals surface area contributed by atoms with Crippen molar-refractivity contribution in [3.8, 4) is 0 Å². The fourth-order valence-corrected chi connectivity index (χ4v) is 1.67. The van der Waals surface area contributed by atoms with Crippen LogP contribution in [0.5, 0.6) is 0 Å². The third-order valence-corrected chi connectivity index (χ3v) is 2.63. The molecule has 0 spiro atoms. The highest BCUT2D eigenvalue weighted by molar-refractivity contribution is 5.97. The molecule has 98 valence electrons. The van der Waals surface area contributed by atoms with Crippen molar-refractivity contribution in [1.82, 2.24) is 0 Å². The molecule has 0 saturated heterocycles. The normalized spacial score (nSPS) is 10.5. The van der Waals surface area contributed by atoms with Crippen LogP contribution in [0.1, 0.15) is 15.9 Å². The van der Waals surface area contributed by atoms with E-state index in [-0.39, 0.29) is 5.56 Å². The van der Waals surface area contributed by atoms with Gasteiger partial charge in [-0.2, -0.15) is 0 Å². The number of ketones is 1. The Bertz CT molecular complexity index is 637. The summed E-state index contributed by atoms with van der Waals surface area (Å²) in [7, 11) is 0. The first-order valence-electron chi connectivity index (χ1n) is 5.41. The summed E-state index contributed by atoms with van der Waals surface area (Å²) in [6, 6.07) is 6.50. The number of benzene rings is 2. The molecule has 19 heavy (non-hydrogen) atoms. The standard InChI is InChI=1S/C14H8F4O/c15-10-5-1-3-8(13(10)17)7-12(19)9-4-2-6-11(16)14(9)18/h1-6H,7H2. The van der Waals surface area contributed by atoms with Gasteiger partial charge < -0.3 is 0 Å². The van der Waals surface area contributed by atoms with Gasteiger partial charge in [0.1, 0.15) is 0 Å². The Morgan fingerprint density at radius 2 is 1.42 bits per heavy atom. The van der Waals surface area contributed by atoms with Crippen molar-refractivity contribution in [2.75, 3.05) is 0 Å². The molecule has 0 heterocycles. The smallest absolute Gasteiger partial charge is 0.170 e. The van der Waals surface area contributed by atoms with Crippen molar-refractivity contribution < 1.29 is 22.4 Å². The third-order valence-electron chi connectivity index (χ3n) is 2.63. The van der Waals surface area contributed by atoms with Gasteiger partial charge in [0.05, 0.1) is 5.56 Å². The molecule has 0 aliphatic rings. The Balaban J connectivity index is 2.31. The largest absolute Gasteiger partial charge is 0.294 e. The van der Waals surface area contributed by atoms with E-state index in [1.54, 1.807) is 0 Å². The number of Topliss-reactive ketones (excluding diaryl/α,β-unsaturated/α-hetero) is 1. The number of hydrogen-bond acceptors (Lipinski definition) is 1. The fourth-order valence-electron chi connectivity index (χ4n) is 1.67. The number of hydrogen-bond donors (Lipinski definition) is 0. The van der Waals surface area contributed by atoms with E-state index in [4.69, 9.17) is 0 Å². The molecule has 0 atom stereocenters. The second kappa shape index (κ2) is 5.22. The lowest BCUT2D eigenvalue weighted by Crippen LogP contribution is -2.09. The molecule has 0 aromatic heterocycles. The molecule has 5 heteroatoms. The van der Waals surface area contributed by atoms with Gasteiger partial charge in [-0.1, -0.05) is 18.2 Å². The van der Waals surface area contributed by atoms with Crippen LogP contribution in [0.15, 0.2) is 36.4 Å². The van der Waals surface area contributed by atoms with Crippen LogP contribution in [0.3, 0.4) is 0 Å². The predicted octanol–water partition coefficient (Wildman–Crippen LogP) is 3.67. The van der Waals surface area contributed by atoms with Gasteiger partial charge in [0.25, 0.3) is 0 Å². The monoisotopic (exact) mass is 268 g/mol. The summed E-state index contributed by atoms with van der Waals surface area (Å²) < 4.78 is 52.6. The Labute approximate surface area is 106 Å². The van der Waals surface area contributed by atoms with E-state index >= 15 is 0 Å². The highest BCUT2D eigenvalue weighted by Crippen LogP contribution is 2.17. The van der Waals surface area contributed by atoms with Crippen LogP contribution in [-0.4, -0.2) is 5.78 Å². The average molecular weight is 268 g/mol. The van der Waals surface area contributed by atoms with Crippen LogP contribution >= 0.6 is 0 Å². The summed E-state index contributed by atoms with van der Waals surface area (Å²) in [6.45, 7) is 0. The highest BCUT2D eigenvalue weighted by atomic mass is 19.2. The molecule has 0 unspecified atom stereocenters. The van der Waals surface area contributed by atoms with Gasteiger partial charge in [-0.15, -0.1) is 0 Å². The number of carbonyl (C=O) groups is 1. The topological polar surface area (TPSA) is 17.1 Å². The maximum absolute atomic E-state index is 13.4. The summed E-state index contributed by atoms with van der Waals surface area (Å²) in [5.41, 5.74) is -0.683. The molecule has 0 radical (unpaired) electrons. The summed E-state index contributed by atoms with van der Waals surface area (Å²) in [5.74, 6) is -5.52. The zero-order chi connectivity index (χ0) is 14.0. The quantitative estimate of drug-likeness (QED) is 0.613. The maximum Gasteiger partial charge on any atom is 0.170 e. The predicted molar refractivity (Wildman–Crippen MR) is 60.8 cm³/mol. The fraction of sp³-hybridized carbons (Fsp3) is 0.0714. The van der Waals surface area contributed by atoms with Crippen LogP contribution < -0.4 is 0 Å². The summed E-state index contributed by atoms with van der Waals surface area (Å²) in [5, 5.41) is 0. The second-order valence-corrected chi connectivity index (χ2v) is 3.91. The second-order valence-electron chi connectivity index (χ2n) is 3.91. The number of carbonyl (C=O) groups excluding carboxylic acids is 1. The summed E-state index contributed by atoms with van der Waals surface area (Å²) >= 11 is 0. The van der Waals surface area contributed by atoms with Crippen molar-refractivity contribution in [3.63, 3.8) is 0 Å². The van der Waals surface area contributed by atoms with Crippen LogP contribution in [0, 0.1) is 23.3 Å². The van der Waals surface area contributed by atoms with Crippen LogP contribution in [0.4, 0.5) is 17.6 Å². The lowest BCUT2D eigenvalue weighted by molar-refractivity contribution is 0.0987. The van der Waals surface area contributed by atoms with Gasteiger partial charge in [-0.25, -0.2) is 17.6 Å². The minimum atomic E-state index is -1.29. The molecule has 0 N–H and O–H groups in total. The lowest BCUT2D eigenvalue weighted by atomic mass is 10.0. The van der Waals surface area contributed by atoms with Gasteiger partial charge in [0.2, 0.25) is 0 Å². The van der Waals surface area contributed by atoms with Crippen molar-refractivity contribution in [2.24, 2.45) is 0 Å². The molecule has 2 aromatic rings. The molecule has 0 fully saturated rings. The van der Waals surface area contributed by atoms with Gasteiger partial charge in [-0.3, -0.25) is 4.79 Å². The van der Waals surface area contributed by atoms with Gasteiger partial charge >= 0.3 is 0 Å². The lowest BCUT2D eigenvalue weighted by Gasteiger charge is -2.05. The van der Waals surface area contributed by atoms with E-state index in [1.165, 1.54) is 18.2 Å².